The molecule has 2 aromatic carbocycles. The van der Waals surface area contributed by atoms with E-state index in [1.165, 1.54) is 17.7 Å². The molecule has 0 heterocycles. The predicted molar refractivity (Wildman–Crippen MR) is 111 cm³/mol. The lowest BCUT2D eigenvalue weighted by molar-refractivity contribution is -0.137. The fourth-order valence-corrected chi connectivity index (χ4v) is 1.97. The normalized spacial score (nSPS) is 9.81. The van der Waals surface area contributed by atoms with E-state index in [4.69, 9.17) is 16.3 Å². The van der Waals surface area contributed by atoms with E-state index in [0.29, 0.717) is 5.56 Å². The minimum atomic E-state index is -4.36. The van der Waals surface area contributed by atoms with Crippen LogP contribution in [0.3, 0.4) is 0 Å². The summed E-state index contributed by atoms with van der Waals surface area (Å²) in [7, 11) is 0. The lowest BCUT2D eigenvalue weighted by Gasteiger charge is -2.08. The summed E-state index contributed by atoms with van der Waals surface area (Å²) in [5.41, 5.74) is 1.04. The van der Waals surface area contributed by atoms with Crippen molar-refractivity contribution in [1.82, 2.24) is 0 Å². The Morgan fingerprint density at radius 1 is 0.815 bits per heavy atom. The third-order valence-corrected chi connectivity index (χ3v) is 3.15. The summed E-state index contributed by atoms with van der Waals surface area (Å²) in [6.07, 6.45) is -4.10. The Morgan fingerprint density at radius 3 is 1.63 bits per heavy atom. The fraction of sp³-hybridized carbons (Fsp3) is 0.455. The van der Waals surface area contributed by atoms with E-state index in [9.17, 15) is 13.2 Å². The average Bonchev–Trinajstić information content (AvgIpc) is 2.62. The second kappa shape index (κ2) is 14.4. The number of aryl methyl sites for hydroxylation is 2. The molecule has 0 radical (unpaired) electrons. The molecule has 0 saturated carbocycles. The molecule has 154 valence electrons. The van der Waals surface area contributed by atoms with Crippen LogP contribution in [0, 0.1) is 13.8 Å². The van der Waals surface area contributed by atoms with Crippen LogP contribution in [0.15, 0.2) is 42.5 Å². The number of ether oxygens (including phenoxy) is 1. The first-order valence-corrected chi connectivity index (χ1v) is 9.54. The van der Waals surface area contributed by atoms with Crippen molar-refractivity contribution in [2.45, 2.75) is 67.7 Å². The molecule has 0 fully saturated rings. The van der Waals surface area contributed by atoms with Gasteiger partial charge in [-0.05, 0) is 52.0 Å². The highest BCUT2D eigenvalue weighted by molar-refractivity contribution is 6.31. The summed E-state index contributed by atoms with van der Waals surface area (Å²) < 4.78 is 41.9. The monoisotopic (exact) mass is 404 g/mol. The molecule has 0 amide bonds. The maximum atomic E-state index is 12.1. The van der Waals surface area contributed by atoms with Gasteiger partial charge in [0.1, 0.15) is 5.75 Å². The van der Waals surface area contributed by atoms with Crippen molar-refractivity contribution in [2.75, 3.05) is 0 Å². The highest BCUT2D eigenvalue weighted by Crippen LogP contribution is 2.34. The van der Waals surface area contributed by atoms with Crippen molar-refractivity contribution in [1.29, 1.82) is 0 Å². The van der Waals surface area contributed by atoms with Crippen molar-refractivity contribution in [3.8, 4) is 5.75 Å². The third kappa shape index (κ3) is 12.4. The molecule has 2 aromatic rings. The minimum absolute atomic E-state index is 0.256. The number of halogens is 4. The molecule has 0 unspecified atom stereocenters. The van der Waals surface area contributed by atoms with Gasteiger partial charge in [0, 0.05) is 0 Å². The third-order valence-electron chi connectivity index (χ3n) is 2.82. The largest absolute Gasteiger partial charge is 0.491 e. The van der Waals surface area contributed by atoms with E-state index < -0.39 is 11.7 Å². The zero-order chi connectivity index (χ0) is 21.6. The topological polar surface area (TPSA) is 9.23 Å². The molecule has 0 N–H and O–H groups in total. The Hall–Kier alpha value is -1.68. The highest BCUT2D eigenvalue weighted by atomic mass is 35.5. The Balaban J connectivity index is 0. The lowest BCUT2D eigenvalue weighted by Crippen LogP contribution is -2.05. The molecule has 0 saturated heterocycles. The first-order valence-electron chi connectivity index (χ1n) is 9.16. The minimum Gasteiger partial charge on any atom is -0.491 e. The van der Waals surface area contributed by atoms with Crippen molar-refractivity contribution < 1.29 is 17.9 Å². The number of hydrogen-bond acceptors (Lipinski definition) is 1. The number of benzene rings is 2. The van der Waals surface area contributed by atoms with Crippen LogP contribution in [0.2, 0.25) is 5.02 Å². The van der Waals surface area contributed by atoms with Gasteiger partial charge in [0.25, 0.3) is 0 Å². The molecule has 0 aromatic heterocycles. The fourth-order valence-electron chi connectivity index (χ4n) is 1.75. The van der Waals surface area contributed by atoms with Gasteiger partial charge < -0.3 is 4.74 Å². The summed E-state index contributed by atoms with van der Waals surface area (Å²) in [5.74, 6) is 0.950. The van der Waals surface area contributed by atoms with Crippen molar-refractivity contribution >= 4 is 11.6 Å². The molecule has 1 nitrogen and oxygen atoms in total. The maximum Gasteiger partial charge on any atom is 0.417 e. The van der Waals surface area contributed by atoms with Gasteiger partial charge in [-0.15, -0.1) is 0 Å². The van der Waals surface area contributed by atoms with Crippen molar-refractivity contribution in [3.63, 3.8) is 0 Å². The molecule has 0 aliphatic rings. The first-order chi connectivity index (χ1) is 12.6. The van der Waals surface area contributed by atoms with Crippen LogP contribution in [0.25, 0.3) is 0 Å². The molecule has 0 bridgehead atoms. The molecule has 27 heavy (non-hydrogen) atoms. The molecule has 5 heteroatoms. The van der Waals surface area contributed by atoms with E-state index in [-0.39, 0.29) is 11.1 Å². The molecule has 0 aliphatic heterocycles. The zero-order valence-corrected chi connectivity index (χ0v) is 18.3. The van der Waals surface area contributed by atoms with Crippen molar-refractivity contribution in [2.24, 2.45) is 0 Å². The van der Waals surface area contributed by atoms with Gasteiger partial charge in [0.05, 0.1) is 16.7 Å². The summed E-state index contributed by atoms with van der Waals surface area (Å²) in [6.45, 7) is 15.7. The first kappa shape index (κ1) is 27.5. The SMILES string of the molecule is CC.CC.Cc1ccc(Cl)c(C(F)(F)F)c1.Cc1ccc(OC(C)C)cc1. The number of alkyl halides is 3. The van der Waals surface area contributed by atoms with E-state index >= 15 is 0 Å². The number of hydrogen-bond donors (Lipinski definition) is 0. The molecule has 0 spiro atoms. The summed E-state index contributed by atoms with van der Waals surface area (Å²) >= 11 is 5.36. The van der Waals surface area contributed by atoms with Crippen LogP contribution < -0.4 is 4.74 Å². The number of rotatable bonds is 2. The molecule has 0 aliphatic carbocycles. The van der Waals surface area contributed by atoms with Crippen LogP contribution in [0.5, 0.6) is 5.75 Å². The molecule has 0 atom stereocenters. The van der Waals surface area contributed by atoms with Crippen LogP contribution in [-0.4, -0.2) is 6.10 Å². The van der Waals surface area contributed by atoms with Crippen LogP contribution >= 0.6 is 11.6 Å². The molecular formula is C22H32ClF3O. The average molecular weight is 405 g/mol. The molecule has 2 rings (SSSR count). The van der Waals surface area contributed by atoms with E-state index in [2.05, 4.69) is 19.1 Å². The zero-order valence-electron chi connectivity index (χ0n) is 17.5. The second-order valence-electron chi connectivity index (χ2n) is 5.46. The summed E-state index contributed by atoms with van der Waals surface area (Å²) in [4.78, 5) is 0. The van der Waals surface area contributed by atoms with Gasteiger partial charge in [-0.1, -0.05) is 68.6 Å². The van der Waals surface area contributed by atoms with Crippen molar-refractivity contribution in [3.05, 3.63) is 64.2 Å². The lowest BCUT2D eigenvalue weighted by atomic mass is 10.1. The van der Waals surface area contributed by atoms with E-state index in [1.54, 1.807) is 6.92 Å². The van der Waals surface area contributed by atoms with E-state index in [0.717, 1.165) is 11.8 Å². The van der Waals surface area contributed by atoms with Crippen LogP contribution in [0.1, 0.15) is 58.2 Å². The maximum absolute atomic E-state index is 12.1. The standard InChI is InChI=1S/C10H14O.C8H6ClF3.2C2H6/c1-8(2)11-10-6-4-9(3)5-7-10;1-5-2-3-7(9)6(4-5)8(10,11)12;2*1-2/h4-8H,1-3H3;2-4H,1H3;2*1-2H3. The van der Waals surface area contributed by atoms with Gasteiger partial charge in [0.15, 0.2) is 0 Å². The Labute approximate surface area is 167 Å². The Kier molecular flexibility index (Phi) is 14.7. The Bertz CT molecular complexity index is 620. The van der Waals surface area contributed by atoms with Gasteiger partial charge >= 0.3 is 6.18 Å². The van der Waals surface area contributed by atoms with Gasteiger partial charge in [-0.2, -0.15) is 13.2 Å². The molecular weight excluding hydrogens is 373 g/mol. The second-order valence-corrected chi connectivity index (χ2v) is 5.87. The van der Waals surface area contributed by atoms with Gasteiger partial charge in [-0.3, -0.25) is 0 Å². The summed E-state index contributed by atoms with van der Waals surface area (Å²) in [5, 5.41) is -0.256. The quantitative estimate of drug-likeness (QED) is 0.487. The van der Waals surface area contributed by atoms with Crippen LogP contribution in [-0.2, 0) is 6.18 Å². The van der Waals surface area contributed by atoms with E-state index in [1.807, 2.05) is 53.7 Å². The summed E-state index contributed by atoms with van der Waals surface area (Å²) in [6, 6.07) is 11.9. The predicted octanol–water partition coefficient (Wildman–Crippen LogP) is 8.50. The van der Waals surface area contributed by atoms with Gasteiger partial charge in [0.2, 0.25) is 0 Å². The van der Waals surface area contributed by atoms with Crippen LogP contribution in [0.4, 0.5) is 13.2 Å². The highest BCUT2D eigenvalue weighted by Gasteiger charge is 2.32. The van der Waals surface area contributed by atoms with Gasteiger partial charge in [-0.25, -0.2) is 0 Å². The smallest absolute Gasteiger partial charge is 0.417 e. The Morgan fingerprint density at radius 2 is 1.26 bits per heavy atom.